The van der Waals surface area contributed by atoms with Crippen LogP contribution in [0.15, 0.2) is 13.9 Å². The molecule has 1 fully saturated rings. The van der Waals surface area contributed by atoms with E-state index < -0.39 is 11.2 Å². The molecule has 0 aliphatic carbocycles. The molecule has 11 heteroatoms. The number of imidazole rings is 1. The van der Waals surface area contributed by atoms with Crippen molar-refractivity contribution >= 4 is 40.2 Å². The Morgan fingerprint density at radius 1 is 1.32 bits per heavy atom. The molecule has 4 heterocycles. The van der Waals surface area contributed by atoms with Crippen LogP contribution in [0.5, 0.6) is 0 Å². The molecule has 1 atom stereocenters. The number of H-pyrrole nitrogens is 1. The van der Waals surface area contributed by atoms with E-state index in [-0.39, 0.29) is 0 Å². The molecule has 3 aromatic rings. The zero-order chi connectivity index (χ0) is 19.8. The van der Waals surface area contributed by atoms with Gasteiger partial charge in [-0.25, -0.2) is 4.79 Å². The number of rotatable bonds is 5. The molecule has 1 saturated heterocycles. The van der Waals surface area contributed by atoms with Gasteiger partial charge in [-0.05, 0) is 25.7 Å². The van der Waals surface area contributed by atoms with E-state index in [9.17, 15) is 9.59 Å². The second-order valence-electron chi connectivity index (χ2n) is 7.18. The van der Waals surface area contributed by atoms with Crippen LogP contribution >= 0.6 is 23.1 Å². The van der Waals surface area contributed by atoms with Crippen LogP contribution in [0.4, 0.5) is 5.95 Å². The lowest BCUT2D eigenvalue weighted by Gasteiger charge is -2.32. The van der Waals surface area contributed by atoms with Crippen molar-refractivity contribution in [3.63, 3.8) is 0 Å². The molecule has 0 amide bonds. The van der Waals surface area contributed by atoms with Gasteiger partial charge >= 0.3 is 5.69 Å². The molecule has 150 valence electrons. The number of fused-ring (bicyclic) bond motifs is 1. The van der Waals surface area contributed by atoms with Crippen LogP contribution < -0.4 is 16.1 Å². The summed E-state index contributed by atoms with van der Waals surface area (Å²) >= 11 is 3.17. The third-order valence-corrected chi connectivity index (χ3v) is 6.93. The average Bonchev–Trinajstić information content (AvgIpc) is 3.24. The van der Waals surface area contributed by atoms with Gasteiger partial charge in [-0.15, -0.1) is 10.2 Å². The first-order valence-corrected chi connectivity index (χ1v) is 11.1. The quantitative estimate of drug-likeness (QED) is 0.625. The van der Waals surface area contributed by atoms with Gasteiger partial charge in [0.1, 0.15) is 5.01 Å². The molecular formula is C17H23N7O2S2. The summed E-state index contributed by atoms with van der Waals surface area (Å²) in [7, 11) is 1.64. The van der Waals surface area contributed by atoms with Gasteiger partial charge in [-0.3, -0.25) is 14.3 Å². The minimum atomic E-state index is -0.445. The summed E-state index contributed by atoms with van der Waals surface area (Å²) < 4.78 is 4.27. The zero-order valence-electron chi connectivity index (χ0n) is 16.1. The Hall–Kier alpha value is -2.14. The fourth-order valence-corrected chi connectivity index (χ4v) is 5.42. The molecule has 0 spiro atoms. The fourth-order valence-electron chi connectivity index (χ4n) is 3.61. The van der Waals surface area contributed by atoms with Crippen molar-refractivity contribution in [3.05, 3.63) is 25.8 Å². The molecule has 0 unspecified atom stereocenters. The topological polar surface area (TPSA) is 102 Å². The average molecular weight is 422 g/mol. The number of nitrogens with zero attached hydrogens (tertiary/aromatic N) is 6. The van der Waals surface area contributed by atoms with E-state index in [0.717, 1.165) is 40.6 Å². The van der Waals surface area contributed by atoms with E-state index >= 15 is 0 Å². The predicted molar refractivity (Wildman–Crippen MR) is 112 cm³/mol. The number of aromatic amines is 1. The maximum atomic E-state index is 12.6. The van der Waals surface area contributed by atoms with Gasteiger partial charge in [0.2, 0.25) is 5.95 Å². The summed E-state index contributed by atoms with van der Waals surface area (Å²) in [4.78, 5) is 34.0. The van der Waals surface area contributed by atoms with Crippen LogP contribution in [0, 0.1) is 12.8 Å². The van der Waals surface area contributed by atoms with Crippen molar-refractivity contribution in [2.45, 2.75) is 37.6 Å². The van der Waals surface area contributed by atoms with Gasteiger partial charge in [0.15, 0.2) is 15.5 Å². The Bertz CT molecular complexity index is 1110. The summed E-state index contributed by atoms with van der Waals surface area (Å²) in [5.41, 5.74) is 0.0428. The van der Waals surface area contributed by atoms with E-state index in [1.54, 1.807) is 30.1 Å². The third-order valence-electron chi connectivity index (χ3n) is 4.97. The van der Waals surface area contributed by atoms with Crippen molar-refractivity contribution in [2.75, 3.05) is 23.7 Å². The van der Waals surface area contributed by atoms with E-state index in [2.05, 4.69) is 27.0 Å². The highest BCUT2D eigenvalue weighted by molar-refractivity contribution is 8.01. The molecule has 1 N–H and O–H groups in total. The highest BCUT2D eigenvalue weighted by Gasteiger charge is 2.24. The summed E-state index contributed by atoms with van der Waals surface area (Å²) in [6, 6.07) is 0. The zero-order valence-corrected chi connectivity index (χ0v) is 17.8. The lowest BCUT2D eigenvalue weighted by atomic mass is 10.0. The summed E-state index contributed by atoms with van der Waals surface area (Å²) in [5, 5.41) is 9.12. The predicted octanol–water partition coefficient (Wildman–Crippen LogP) is 1.61. The Morgan fingerprint density at radius 2 is 2.14 bits per heavy atom. The molecule has 9 nitrogen and oxygen atoms in total. The second-order valence-corrected chi connectivity index (χ2v) is 9.71. The smallest absolute Gasteiger partial charge is 0.329 e. The minimum Gasteiger partial charge on any atom is -0.342 e. The SMILES string of the molecule is Cc1nnc(SCCn2c(N3CCC[C@@H](C)C3)nc3c2c(=O)[nH]c(=O)n3C)s1. The minimum absolute atomic E-state index is 0.390. The van der Waals surface area contributed by atoms with E-state index in [0.29, 0.717) is 23.6 Å². The highest BCUT2D eigenvalue weighted by Crippen LogP contribution is 2.27. The number of hydrogen-bond donors (Lipinski definition) is 1. The molecule has 3 aromatic heterocycles. The molecule has 1 aliphatic rings. The molecular weight excluding hydrogens is 398 g/mol. The highest BCUT2D eigenvalue weighted by atomic mass is 32.2. The van der Waals surface area contributed by atoms with Crippen LogP contribution in [0.25, 0.3) is 11.2 Å². The van der Waals surface area contributed by atoms with Crippen molar-refractivity contribution in [2.24, 2.45) is 13.0 Å². The molecule has 28 heavy (non-hydrogen) atoms. The maximum Gasteiger partial charge on any atom is 0.329 e. The number of hydrogen-bond acceptors (Lipinski definition) is 8. The Morgan fingerprint density at radius 3 is 2.86 bits per heavy atom. The van der Waals surface area contributed by atoms with Crippen molar-refractivity contribution in [1.82, 2.24) is 29.3 Å². The first kappa shape index (κ1) is 19.2. The number of thioether (sulfide) groups is 1. The normalized spacial score (nSPS) is 17.5. The van der Waals surface area contributed by atoms with Crippen molar-refractivity contribution < 1.29 is 0 Å². The number of aromatic nitrogens is 6. The summed E-state index contributed by atoms with van der Waals surface area (Å²) in [6.45, 7) is 6.57. The van der Waals surface area contributed by atoms with Gasteiger partial charge in [-0.1, -0.05) is 30.0 Å². The third kappa shape index (κ3) is 3.60. The monoisotopic (exact) mass is 421 g/mol. The lowest BCUT2D eigenvalue weighted by Crippen LogP contribution is -2.36. The van der Waals surface area contributed by atoms with Gasteiger partial charge in [0, 0.05) is 32.4 Å². The number of anilines is 1. The van der Waals surface area contributed by atoms with E-state index in [4.69, 9.17) is 4.98 Å². The number of aryl methyl sites for hydroxylation is 3. The van der Waals surface area contributed by atoms with Crippen LogP contribution in [-0.2, 0) is 13.6 Å². The Labute approximate surface area is 169 Å². The maximum absolute atomic E-state index is 12.6. The largest absolute Gasteiger partial charge is 0.342 e. The van der Waals surface area contributed by atoms with Crippen LogP contribution in [0.1, 0.15) is 24.8 Å². The number of nitrogens with one attached hydrogen (secondary N) is 1. The van der Waals surface area contributed by atoms with Crippen molar-refractivity contribution in [1.29, 1.82) is 0 Å². The first-order valence-electron chi connectivity index (χ1n) is 9.31. The number of piperidine rings is 1. The molecule has 0 saturated carbocycles. The van der Waals surface area contributed by atoms with Crippen LogP contribution in [-0.4, -0.2) is 48.1 Å². The molecule has 0 aromatic carbocycles. The van der Waals surface area contributed by atoms with Crippen LogP contribution in [0.3, 0.4) is 0 Å². The van der Waals surface area contributed by atoms with Gasteiger partial charge < -0.3 is 9.47 Å². The van der Waals surface area contributed by atoms with E-state index in [1.165, 1.54) is 11.0 Å². The van der Waals surface area contributed by atoms with Crippen molar-refractivity contribution in [3.8, 4) is 0 Å². The standard InChI is InChI=1S/C17H23N7O2S2/c1-10-5-4-6-23(9-10)15-18-13-12(14(25)19-16(26)22(13)3)24(15)7-8-27-17-21-20-11(2)28-17/h10H,4-9H2,1-3H3,(H,19,25,26)/t10-/m1/s1. The van der Waals surface area contributed by atoms with E-state index in [1.807, 2.05) is 11.5 Å². The van der Waals surface area contributed by atoms with Gasteiger partial charge in [-0.2, -0.15) is 4.98 Å². The Balaban J connectivity index is 1.72. The molecule has 0 radical (unpaired) electrons. The molecule has 1 aliphatic heterocycles. The summed E-state index contributed by atoms with van der Waals surface area (Å²) in [6.07, 6.45) is 2.29. The lowest BCUT2D eigenvalue weighted by molar-refractivity contribution is 0.438. The second kappa shape index (κ2) is 7.70. The Kier molecular flexibility index (Phi) is 5.28. The van der Waals surface area contributed by atoms with Crippen LogP contribution in [0.2, 0.25) is 0 Å². The molecule has 4 rings (SSSR count). The van der Waals surface area contributed by atoms with Gasteiger partial charge in [0.25, 0.3) is 5.56 Å². The fraction of sp³-hybridized carbons (Fsp3) is 0.588. The summed E-state index contributed by atoms with van der Waals surface area (Å²) in [5.74, 6) is 2.07. The van der Waals surface area contributed by atoms with Gasteiger partial charge in [0.05, 0.1) is 0 Å². The molecule has 0 bridgehead atoms. The first-order chi connectivity index (χ1) is 13.4.